The minimum absolute atomic E-state index is 0.112. The van der Waals surface area contributed by atoms with Crippen molar-refractivity contribution in [2.75, 3.05) is 0 Å². The van der Waals surface area contributed by atoms with Crippen molar-refractivity contribution in [2.45, 2.75) is 0 Å². The number of fused-ring (bicyclic) bond motifs is 1. The lowest BCUT2D eigenvalue weighted by molar-refractivity contribution is 0.104. The van der Waals surface area contributed by atoms with Gasteiger partial charge in [0.1, 0.15) is 22.6 Å². The van der Waals surface area contributed by atoms with Gasteiger partial charge in [-0.25, -0.2) is 4.79 Å². The first-order chi connectivity index (χ1) is 11.1. The third kappa shape index (κ3) is 2.85. The van der Waals surface area contributed by atoms with Gasteiger partial charge in [0, 0.05) is 0 Å². The smallest absolute Gasteiger partial charge is 0.351 e. The minimum atomic E-state index is -0.887. The minimum Gasteiger partial charge on any atom is -0.508 e. The van der Waals surface area contributed by atoms with Crippen LogP contribution in [0.1, 0.15) is 15.9 Å². The van der Waals surface area contributed by atoms with Gasteiger partial charge in [0.05, 0.1) is 5.39 Å². The van der Waals surface area contributed by atoms with E-state index in [1.807, 2.05) is 0 Å². The van der Waals surface area contributed by atoms with Gasteiger partial charge in [0.15, 0.2) is 5.78 Å². The van der Waals surface area contributed by atoms with Crippen molar-refractivity contribution in [3.8, 4) is 11.5 Å². The zero-order valence-electron chi connectivity index (χ0n) is 11.9. The molecule has 114 valence electrons. The summed E-state index contributed by atoms with van der Waals surface area (Å²) in [7, 11) is 0. The van der Waals surface area contributed by atoms with Gasteiger partial charge in [-0.2, -0.15) is 0 Å². The van der Waals surface area contributed by atoms with E-state index in [9.17, 15) is 19.8 Å². The summed E-state index contributed by atoms with van der Waals surface area (Å²) < 4.78 is 5.06. The summed E-state index contributed by atoms with van der Waals surface area (Å²) in [6.45, 7) is 0. The molecule has 23 heavy (non-hydrogen) atoms. The molecule has 0 saturated carbocycles. The summed E-state index contributed by atoms with van der Waals surface area (Å²) in [4.78, 5) is 24.2. The van der Waals surface area contributed by atoms with Crippen LogP contribution in [0.5, 0.6) is 11.5 Å². The fourth-order valence-corrected chi connectivity index (χ4v) is 2.19. The average molecular weight is 308 g/mol. The molecule has 0 aliphatic carbocycles. The van der Waals surface area contributed by atoms with Gasteiger partial charge in [0.2, 0.25) is 0 Å². The molecular formula is C18H12O5. The van der Waals surface area contributed by atoms with Gasteiger partial charge in [-0.05, 0) is 35.9 Å². The lowest BCUT2D eigenvalue weighted by Crippen LogP contribution is -2.12. The molecule has 0 aliphatic rings. The number of benzene rings is 2. The normalized spacial score (nSPS) is 11.1. The molecule has 0 saturated heterocycles. The van der Waals surface area contributed by atoms with Crippen molar-refractivity contribution in [1.82, 2.24) is 0 Å². The van der Waals surface area contributed by atoms with Gasteiger partial charge >= 0.3 is 5.63 Å². The van der Waals surface area contributed by atoms with E-state index in [2.05, 4.69) is 0 Å². The van der Waals surface area contributed by atoms with Crippen LogP contribution in [0.15, 0.2) is 63.8 Å². The Morgan fingerprint density at radius 2 is 1.70 bits per heavy atom. The second-order valence-corrected chi connectivity index (χ2v) is 4.90. The topological polar surface area (TPSA) is 87.7 Å². The Morgan fingerprint density at radius 3 is 2.43 bits per heavy atom. The van der Waals surface area contributed by atoms with Crippen molar-refractivity contribution < 1.29 is 19.4 Å². The van der Waals surface area contributed by atoms with Crippen molar-refractivity contribution in [1.29, 1.82) is 0 Å². The van der Waals surface area contributed by atoms with E-state index >= 15 is 0 Å². The maximum Gasteiger partial charge on any atom is 0.351 e. The highest BCUT2D eigenvalue weighted by molar-refractivity contribution is 6.10. The number of phenols is 1. The van der Waals surface area contributed by atoms with E-state index in [0.29, 0.717) is 10.9 Å². The fourth-order valence-electron chi connectivity index (χ4n) is 2.19. The second-order valence-electron chi connectivity index (χ2n) is 4.90. The molecule has 0 spiro atoms. The van der Waals surface area contributed by atoms with E-state index < -0.39 is 22.7 Å². The molecule has 0 unspecified atom stereocenters. The van der Waals surface area contributed by atoms with Crippen molar-refractivity contribution in [3.63, 3.8) is 0 Å². The first-order valence-corrected chi connectivity index (χ1v) is 6.82. The van der Waals surface area contributed by atoms with Crippen LogP contribution in [0, 0.1) is 0 Å². The number of aromatic hydroxyl groups is 2. The van der Waals surface area contributed by atoms with E-state index in [-0.39, 0.29) is 11.3 Å². The number of para-hydroxylation sites is 1. The molecule has 2 N–H and O–H groups in total. The van der Waals surface area contributed by atoms with Gasteiger partial charge in [-0.3, -0.25) is 4.79 Å². The van der Waals surface area contributed by atoms with Gasteiger partial charge < -0.3 is 14.6 Å². The Morgan fingerprint density at radius 1 is 1.00 bits per heavy atom. The van der Waals surface area contributed by atoms with Crippen molar-refractivity contribution in [2.24, 2.45) is 0 Å². The maximum absolute atomic E-state index is 12.2. The summed E-state index contributed by atoms with van der Waals surface area (Å²) in [5, 5.41) is 19.7. The standard InChI is InChI=1S/C18H12O5/c19-12-8-5-11(6-9-12)7-10-14(20)16-17(21)13-3-1-2-4-15(13)23-18(16)22/h1-10,19,21H/b10-7+. The molecule has 5 nitrogen and oxygen atoms in total. The number of ketones is 1. The molecule has 3 rings (SSSR count). The van der Waals surface area contributed by atoms with Crippen LogP contribution in [-0.4, -0.2) is 16.0 Å². The number of hydrogen-bond donors (Lipinski definition) is 2. The zero-order valence-corrected chi connectivity index (χ0v) is 11.9. The number of carbonyl (C=O) groups excluding carboxylic acids is 1. The number of carbonyl (C=O) groups is 1. The SMILES string of the molecule is O=C(/C=C/c1ccc(O)cc1)c1c(O)c2ccccc2oc1=O. The van der Waals surface area contributed by atoms with E-state index in [0.717, 1.165) is 0 Å². The summed E-state index contributed by atoms with van der Waals surface area (Å²) in [5.41, 5.74) is -0.407. The highest BCUT2D eigenvalue weighted by atomic mass is 16.4. The predicted molar refractivity (Wildman–Crippen MR) is 85.6 cm³/mol. The molecule has 1 aromatic heterocycles. The molecule has 3 aromatic rings. The van der Waals surface area contributed by atoms with Crippen LogP contribution < -0.4 is 5.63 Å². The third-order valence-electron chi connectivity index (χ3n) is 3.35. The van der Waals surface area contributed by atoms with E-state index in [1.54, 1.807) is 30.3 Å². The Kier molecular flexibility index (Phi) is 3.68. The fraction of sp³-hybridized carbons (Fsp3) is 0. The van der Waals surface area contributed by atoms with Crippen LogP contribution in [0.4, 0.5) is 0 Å². The molecule has 1 heterocycles. The third-order valence-corrected chi connectivity index (χ3v) is 3.35. The Hall–Kier alpha value is -3.34. The highest BCUT2D eigenvalue weighted by Crippen LogP contribution is 2.26. The maximum atomic E-state index is 12.2. The van der Waals surface area contributed by atoms with E-state index in [1.165, 1.54) is 30.4 Å². The largest absolute Gasteiger partial charge is 0.508 e. The number of hydrogen-bond acceptors (Lipinski definition) is 5. The predicted octanol–water partition coefficient (Wildman–Crippen LogP) is 3.10. The molecule has 5 heteroatoms. The number of phenolic OH excluding ortho intramolecular Hbond substituents is 1. The Bertz CT molecular complexity index is 965. The number of rotatable bonds is 3. The zero-order chi connectivity index (χ0) is 16.4. The summed E-state index contributed by atoms with van der Waals surface area (Å²) in [5.74, 6) is -0.937. The molecule has 0 bridgehead atoms. The average Bonchev–Trinajstić information content (AvgIpc) is 2.54. The summed E-state index contributed by atoms with van der Waals surface area (Å²) >= 11 is 0. The van der Waals surface area contributed by atoms with Gasteiger partial charge in [0.25, 0.3) is 0 Å². The van der Waals surface area contributed by atoms with Crippen LogP contribution in [0.3, 0.4) is 0 Å². The van der Waals surface area contributed by atoms with Crippen LogP contribution >= 0.6 is 0 Å². The molecule has 0 fully saturated rings. The molecule has 0 atom stereocenters. The van der Waals surface area contributed by atoms with Gasteiger partial charge in [-0.15, -0.1) is 0 Å². The quantitative estimate of drug-likeness (QED) is 0.441. The van der Waals surface area contributed by atoms with Gasteiger partial charge in [-0.1, -0.05) is 30.3 Å². The molecule has 0 aliphatic heterocycles. The number of allylic oxidation sites excluding steroid dienone is 1. The van der Waals surface area contributed by atoms with Crippen LogP contribution in [0.2, 0.25) is 0 Å². The van der Waals surface area contributed by atoms with Crippen LogP contribution in [0.25, 0.3) is 17.0 Å². The molecular weight excluding hydrogens is 296 g/mol. The lowest BCUT2D eigenvalue weighted by Gasteiger charge is -2.03. The van der Waals surface area contributed by atoms with Crippen molar-refractivity contribution in [3.05, 3.63) is 76.2 Å². The molecule has 0 radical (unpaired) electrons. The lowest BCUT2D eigenvalue weighted by atomic mass is 10.1. The van der Waals surface area contributed by atoms with Crippen molar-refractivity contribution >= 4 is 22.8 Å². The Balaban J connectivity index is 2.01. The molecule has 0 amide bonds. The first-order valence-electron chi connectivity index (χ1n) is 6.82. The summed E-state index contributed by atoms with van der Waals surface area (Å²) in [6.07, 6.45) is 2.66. The summed E-state index contributed by atoms with van der Waals surface area (Å²) in [6, 6.07) is 12.6. The van der Waals surface area contributed by atoms with E-state index in [4.69, 9.17) is 4.42 Å². The Labute approximate surface area is 130 Å². The molecule has 2 aromatic carbocycles. The second kappa shape index (κ2) is 5.81. The monoisotopic (exact) mass is 308 g/mol. The first kappa shape index (κ1) is 14.6. The van der Waals surface area contributed by atoms with Crippen LogP contribution in [-0.2, 0) is 0 Å². The highest BCUT2D eigenvalue weighted by Gasteiger charge is 2.18.